The van der Waals surface area contributed by atoms with Crippen LogP contribution in [0.4, 0.5) is 0 Å². The minimum Gasteiger partial charge on any atom is -0.374 e. The number of ether oxygens (including phenoxy) is 1. The van der Waals surface area contributed by atoms with Crippen molar-refractivity contribution in [3.8, 4) is 0 Å². The molecular weight excluding hydrogens is 280 g/mol. The number of hydrogen-bond donors (Lipinski definition) is 0. The molecule has 0 aromatic carbocycles. The van der Waals surface area contributed by atoms with Gasteiger partial charge in [0.1, 0.15) is 0 Å². The van der Waals surface area contributed by atoms with E-state index in [1.807, 2.05) is 0 Å². The largest absolute Gasteiger partial charge is 0.374 e. The molecule has 2 aliphatic rings. The molecule has 0 saturated heterocycles. The van der Waals surface area contributed by atoms with E-state index in [-0.39, 0.29) is 0 Å². The van der Waals surface area contributed by atoms with E-state index in [0.29, 0.717) is 6.10 Å². The molecule has 0 heterocycles. The maximum absolute atomic E-state index is 6.00. The predicted molar refractivity (Wildman–Crippen MR) is 101 cm³/mol. The van der Waals surface area contributed by atoms with Gasteiger partial charge in [-0.2, -0.15) is 0 Å². The Morgan fingerprint density at radius 1 is 0.826 bits per heavy atom. The predicted octanol–water partition coefficient (Wildman–Crippen LogP) is 6.69. The quantitative estimate of drug-likeness (QED) is 0.453. The van der Waals surface area contributed by atoms with Crippen molar-refractivity contribution in [2.75, 3.05) is 6.61 Å². The van der Waals surface area contributed by atoms with Crippen molar-refractivity contribution in [2.45, 2.75) is 90.6 Å². The zero-order valence-electron chi connectivity index (χ0n) is 15.5. The Labute approximate surface area is 144 Å². The topological polar surface area (TPSA) is 9.23 Å². The van der Waals surface area contributed by atoms with Crippen molar-refractivity contribution >= 4 is 0 Å². The number of hydrogen-bond acceptors (Lipinski definition) is 1. The lowest BCUT2D eigenvalue weighted by Crippen LogP contribution is -2.28. The summed E-state index contributed by atoms with van der Waals surface area (Å²) in [5.41, 5.74) is 0. The van der Waals surface area contributed by atoms with Crippen LogP contribution in [0.25, 0.3) is 0 Å². The second kappa shape index (κ2) is 11.1. The van der Waals surface area contributed by atoms with Gasteiger partial charge in [0.15, 0.2) is 0 Å². The minimum atomic E-state index is 0.532. The molecule has 2 saturated carbocycles. The van der Waals surface area contributed by atoms with Crippen LogP contribution in [0.15, 0.2) is 24.3 Å². The summed E-state index contributed by atoms with van der Waals surface area (Å²) in [5, 5.41) is 0. The van der Waals surface area contributed by atoms with Gasteiger partial charge in [0.2, 0.25) is 0 Å². The van der Waals surface area contributed by atoms with Crippen LogP contribution in [-0.2, 0) is 4.74 Å². The van der Waals surface area contributed by atoms with Gasteiger partial charge in [0.25, 0.3) is 0 Å². The van der Waals surface area contributed by atoms with Gasteiger partial charge in [-0.25, -0.2) is 0 Å². The summed E-state index contributed by atoms with van der Waals surface area (Å²) in [5.74, 6) is 3.03. The second-order valence-corrected chi connectivity index (χ2v) is 7.68. The average molecular weight is 319 g/mol. The molecule has 2 fully saturated rings. The molecule has 0 atom stereocenters. The first kappa shape index (κ1) is 18.8. The Bertz CT molecular complexity index is 341. The fourth-order valence-corrected chi connectivity index (χ4v) is 4.60. The van der Waals surface area contributed by atoms with Crippen LogP contribution in [-0.4, -0.2) is 12.7 Å². The normalized spacial score (nSPS) is 32.8. The van der Waals surface area contributed by atoms with Gasteiger partial charge < -0.3 is 4.74 Å². The van der Waals surface area contributed by atoms with Crippen molar-refractivity contribution in [1.29, 1.82) is 0 Å². The number of rotatable bonds is 8. The highest BCUT2D eigenvalue weighted by Gasteiger charge is 2.30. The fourth-order valence-electron chi connectivity index (χ4n) is 4.60. The molecule has 0 aliphatic heterocycles. The molecule has 132 valence electrons. The molecule has 0 aromatic rings. The van der Waals surface area contributed by atoms with E-state index in [1.165, 1.54) is 64.2 Å². The van der Waals surface area contributed by atoms with Gasteiger partial charge in [0.05, 0.1) is 12.7 Å². The van der Waals surface area contributed by atoms with Gasteiger partial charge in [-0.1, -0.05) is 44.1 Å². The summed E-state index contributed by atoms with van der Waals surface area (Å²) in [6, 6.07) is 0. The molecule has 0 spiro atoms. The van der Waals surface area contributed by atoms with Gasteiger partial charge >= 0.3 is 0 Å². The first-order chi connectivity index (χ1) is 11.3. The van der Waals surface area contributed by atoms with Gasteiger partial charge in [-0.3, -0.25) is 0 Å². The lowest BCUT2D eigenvalue weighted by Gasteiger charge is -2.37. The zero-order chi connectivity index (χ0) is 16.3. The first-order valence-electron chi connectivity index (χ1n) is 10.2. The van der Waals surface area contributed by atoms with Gasteiger partial charge in [-0.05, 0) is 82.5 Å². The Kier molecular flexibility index (Phi) is 9.04. The molecule has 0 amide bonds. The van der Waals surface area contributed by atoms with E-state index in [0.717, 1.165) is 30.8 Å². The Balaban J connectivity index is 1.60. The molecule has 0 aromatic heterocycles. The molecule has 2 rings (SSSR count). The number of allylic oxidation sites excluding steroid dienone is 3. The molecule has 2 aliphatic carbocycles. The zero-order valence-corrected chi connectivity index (χ0v) is 15.5. The van der Waals surface area contributed by atoms with Crippen LogP contribution in [0, 0.1) is 17.8 Å². The molecule has 23 heavy (non-hydrogen) atoms. The summed E-state index contributed by atoms with van der Waals surface area (Å²) in [6.07, 6.45) is 24.7. The summed E-state index contributed by atoms with van der Waals surface area (Å²) < 4.78 is 6.00. The molecule has 0 bridgehead atoms. The van der Waals surface area contributed by atoms with Crippen molar-refractivity contribution in [3.05, 3.63) is 24.3 Å². The van der Waals surface area contributed by atoms with Crippen molar-refractivity contribution in [1.82, 2.24) is 0 Å². The van der Waals surface area contributed by atoms with Crippen LogP contribution >= 0.6 is 0 Å². The van der Waals surface area contributed by atoms with Gasteiger partial charge in [-0.15, -0.1) is 0 Å². The summed E-state index contributed by atoms with van der Waals surface area (Å²) >= 11 is 0. The highest BCUT2D eigenvalue weighted by Crippen LogP contribution is 2.41. The minimum absolute atomic E-state index is 0.532. The molecule has 1 nitrogen and oxygen atoms in total. The van der Waals surface area contributed by atoms with Crippen LogP contribution in [0.3, 0.4) is 0 Å². The molecule has 0 N–H and O–H groups in total. The Morgan fingerprint density at radius 3 is 2.09 bits per heavy atom. The maximum atomic E-state index is 6.00. The van der Waals surface area contributed by atoms with Crippen LogP contribution in [0.1, 0.15) is 84.5 Å². The van der Waals surface area contributed by atoms with E-state index in [9.17, 15) is 0 Å². The van der Waals surface area contributed by atoms with Crippen molar-refractivity contribution in [2.24, 2.45) is 17.8 Å². The Hall–Kier alpha value is -0.560. The molecule has 0 unspecified atom stereocenters. The van der Waals surface area contributed by atoms with Gasteiger partial charge in [0, 0.05) is 0 Å². The lowest BCUT2D eigenvalue weighted by atomic mass is 9.70. The van der Waals surface area contributed by atoms with Crippen LogP contribution in [0.2, 0.25) is 0 Å². The smallest absolute Gasteiger partial charge is 0.0651 e. The highest BCUT2D eigenvalue weighted by molar-refractivity contribution is 4.85. The fraction of sp³-hybridized carbons (Fsp3) is 0.818. The third-order valence-electron chi connectivity index (χ3n) is 6.08. The van der Waals surface area contributed by atoms with E-state index in [1.54, 1.807) is 0 Å². The van der Waals surface area contributed by atoms with Crippen molar-refractivity contribution < 1.29 is 4.74 Å². The molecule has 1 heteroatoms. The molecular formula is C22H38O. The molecule has 0 radical (unpaired) electrons. The SMILES string of the molecule is C/C=C/CCC1CCC(C2CCC(OC/C=C/CC)CC2)CC1. The standard InChI is InChI=1S/C22H38O/c1-3-5-7-9-19-10-12-20(13-11-19)21-14-16-22(17-15-21)23-18-8-6-4-2/h3,5-6,8,19-22H,4,7,9-18H2,1-2H3/b5-3+,8-6+. The third-order valence-corrected chi connectivity index (χ3v) is 6.08. The monoisotopic (exact) mass is 318 g/mol. The van der Waals surface area contributed by atoms with E-state index in [2.05, 4.69) is 38.2 Å². The first-order valence-corrected chi connectivity index (χ1v) is 10.2. The third kappa shape index (κ3) is 6.83. The highest BCUT2D eigenvalue weighted by atomic mass is 16.5. The van der Waals surface area contributed by atoms with Crippen LogP contribution < -0.4 is 0 Å². The van der Waals surface area contributed by atoms with Crippen LogP contribution in [0.5, 0.6) is 0 Å². The van der Waals surface area contributed by atoms with E-state index < -0.39 is 0 Å². The average Bonchev–Trinajstić information content (AvgIpc) is 2.60. The second-order valence-electron chi connectivity index (χ2n) is 7.68. The lowest BCUT2D eigenvalue weighted by molar-refractivity contribution is 0.0210. The summed E-state index contributed by atoms with van der Waals surface area (Å²) in [6.45, 7) is 5.13. The van der Waals surface area contributed by atoms with E-state index >= 15 is 0 Å². The van der Waals surface area contributed by atoms with Crippen molar-refractivity contribution in [3.63, 3.8) is 0 Å². The Morgan fingerprint density at radius 2 is 1.48 bits per heavy atom. The maximum Gasteiger partial charge on any atom is 0.0651 e. The summed E-state index contributed by atoms with van der Waals surface area (Å²) in [4.78, 5) is 0. The summed E-state index contributed by atoms with van der Waals surface area (Å²) in [7, 11) is 0. The van der Waals surface area contributed by atoms with E-state index in [4.69, 9.17) is 4.74 Å².